The number of ether oxygens (including phenoxy) is 1. The van der Waals surface area contributed by atoms with Gasteiger partial charge < -0.3 is 20.1 Å². The van der Waals surface area contributed by atoms with Crippen LogP contribution in [0.3, 0.4) is 0 Å². The van der Waals surface area contributed by atoms with Crippen LogP contribution in [0.5, 0.6) is 5.75 Å². The zero-order valence-corrected chi connectivity index (χ0v) is 12.1. The lowest BCUT2D eigenvalue weighted by atomic mass is 10.0. The van der Waals surface area contributed by atoms with Crippen LogP contribution in [0, 0.1) is 0 Å². The Bertz CT molecular complexity index is 476. The molecule has 1 aromatic carbocycles. The topological polar surface area (TPSA) is 61.8 Å². The summed E-state index contributed by atoms with van der Waals surface area (Å²) in [5, 5.41) is 12.8. The van der Waals surface area contributed by atoms with Gasteiger partial charge in [0.2, 0.25) is 0 Å². The second-order valence-corrected chi connectivity index (χ2v) is 4.84. The zero-order valence-electron chi connectivity index (χ0n) is 12.1. The highest BCUT2D eigenvalue weighted by Crippen LogP contribution is 2.34. The van der Waals surface area contributed by atoms with Crippen LogP contribution in [0.4, 0.5) is 5.69 Å². The first-order valence-electron chi connectivity index (χ1n) is 7.12. The van der Waals surface area contributed by atoms with E-state index in [4.69, 9.17) is 4.74 Å². The number of hydrogen-bond donors (Lipinski definition) is 2. The number of aliphatic hydroxyl groups is 1. The number of fused-ring (bicyclic) bond motifs is 1. The van der Waals surface area contributed by atoms with E-state index in [-0.39, 0.29) is 25.2 Å². The number of anilines is 1. The van der Waals surface area contributed by atoms with Crippen molar-refractivity contribution in [2.24, 2.45) is 0 Å². The average molecular weight is 278 g/mol. The summed E-state index contributed by atoms with van der Waals surface area (Å²) in [5.74, 6) is 0.696. The van der Waals surface area contributed by atoms with Crippen LogP contribution in [0.1, 0.15) is 31.9 Å². The van der Waals surface area contributed by atoms with Gasteiger partial charge in [-0.05, 0) is 37.6 Å². The number of carbonyl (C=O) groups excluding carboxylic acids is 1. The van der Waals surface area contributed by atoms with Crippen molar-refractivity contribution in [3.8, 4) is 5.75 Å². The second-order valence-electron chi connectivity index (χ2n) is 4.84. The van der Waals surface area contributed by atoms with Gasteiger partial charge in [-0.3, -0.25) is 4.79 Å². The fraction of sp³-hybridized carbons (Fsp3) is 0.533. The molecular formula is C15H22N2O3. The molecule has 1 aliphatic heterocycles. The van der Waals surface area contributed by atoms with Crippen LogP contribution in [0.25, 0.3) is 0 Å². The van der Waals surface area contributed by atoms with Gasteiger partial charge >= 0.3 is 0 Å². The smallest absolute Gasteiger partial charge is 0.265 e. The van der Waals surface area contributed by atoms with Crippen molar-refractivity contribution in [1.82, 2.24) is 5.32 Å². The molecule has 110 valence electrons. The van der Waals surface area contributed by atoms with E-state index in [2.05, 4.69) is 12.2 Å². The van der Waals surface area contributed by atoms with E-state index in [1.165, 1.54) is 0 Å². The molecule has 5 heteroatoms. The number of benzene rings is 1. The summed E-state index contributed by atoms with van der Waals surface area (Å²) >= 11 is 0. The first-order chi connectivity index (χ1) is 9.71. The lowest BCUT2D eigenvalue weighted by Gasteiger charge is -2.29. The Morgan fingerprint density at radius 3 is 2.90 bits per heavy atom. The van der Waals surface area contributed by atoms with E-state index >= 15 is 0 Å². The highest BCUT2D eigenvalue weighted by Gasteiger charge is 2.25. The van der Waals surface area contributed by atoms with Crippen molar-refractivity contribution in [3.05, 3.63) is 23.8 Å². The van der Waals surface area contributed by atoms with Gasteiger partial charge in [0.05, 0.1) is 18.3 Å². The summed E-state index contributed by atoms with van der Waals surface area (Å²) in [6, 6.07) is 5.62. The quantitative estimate of drug-likeness (QED) is 0.827. The lowest BCUT2D eigenvalue weighted by Crippen LogP contribution is -2.38. The van der Waals surface area contributed by atoms with Crippen molar-refractivity contribution in [2.75, 3.05) is 31.2 Å². The molecule has 0 aromatic heterocycles. The van der Waals surface area contributed by atoms with Crippen LogP contribution >= 0.6 is 0 Å². The van der Waals surface area contributed by atoms with E-state index in [0.717, 1.165) is 30.0 Å². The third-order valence-electron chi connectivity index (χ3n) is 3.47. The van der Waals surface area contributed by atoms with Gasteiger partial charge in [-0.1, -0.05) is 13.0 Å². The monoisotopic (exact) mass is 278 g/mol. The van der Waals surface area contributed by atoms with Gasteiger partial charge in [-0.25, -0.2) is 0 Å². The fourth-order valence-electron chi connectivity index (χ4n) is 2.39. The Hall–Kier alpha value is -1.59. The Labute approximate surface area is 119 Å². The van der Waals surface area contributed by atoms with E-state index in [0.29, 0.717) is 6.54 Å². The molecule has 20 heavy (non-hydrogen) atoms. The maximum Gasteiger partial charge on any atom is 0.265 e. The maximum absolute atomic E-state index is 11.8. The normalized spacial score (nSPS) is 15.8. The summed E-state index contributed by atoms with van der Waals surface area (Å²) < 4.78 is 5.44. The van der Waals surface area contributed by atoms with Crippen molar-refractivity contribution >= 4 is 11.6 Å². The highest BCUT2D eigenvalue weighted by molar-refractivity contribution is 5.97. The minimum atomic E-state index is -0.115. The number of carbonyl (C=O) groups is 1. The predicted octanol–water partition coefficient (Wildman–Crippen LogP) is 1.46. The first-order valence-corrected chi connectivity index (χ1v) is 7.12. The van der Waals surface area contributed by atoms with Gasteiger partial charge in [-0.15, -0.1) is 0 Å². The van der Waals surface area contributed by atoms with Crippen LogP contribution in [0.2, 0.25) is 0 Å². The summed E-state index contributed by atoms with van der Waals surface area (Å²) in [4.78, 5) is 13.6. The molecule has 0 radical (unpaired) electrons. The number of nitrogens with zero attached hydrogens (tertiary/aromatic N) is 1. The molecule has 0 saturated carbocycles. The summed E-state index contributed by atoms with van der Waals surface area (Å²) in [6.45, 7) is 5.61. The standard InChI is InChI=1S/C15H22N2O3/c1-3-7-16-12(9-18)11-5-6-14-13(8-11)17(4-2)15(19)10-20-14/h5-6,8,12,16,18H,3-4,7,9-10H2,1-2H3. The van der Waals surface area contributed by atoms with Crippen LogP contribution in [0.15, 0.2) is 18.2 Å². The van der Waals surface area contributed by atoms with Gasteiger partial charge in [0.1, 0.15) is 5.75 Å². The number of aliphatic hydroxyl groups excluding tert-OH is 1. The molecule has 2 N–H and O–H groups in total. The molecule has 0 aliphatic carbocycles. The molecule has 1 unspecified atom stereocenters. The van der Waals surface area contributed by atoms with Gasteiger partial charge in [-0.2, -0.15) is 0 Å². The Morgan fingerprint density at radius 2 is 2.25 bits per heavy atom. The average Bonchev–Trinajstić information content (AvgIpc) is 2.48. The number of hydrogen-bond acceptors (Lipinski definition) is 4. The third kappa shape index (κ3) is 2.94. The molecule has 5 nitrogen and oxygen atoms in total. The molecular weight excluding hydrogens is 256 g/mol. The Balaban J connectivity index is 2.29. The molecule has 1 aliphatic rings. The number of nitrogens with one attached hydrogen (secondary N) is 1. The highest BCUT2D eigenvalue weighted by atomic mass is 16.5. The third-order valence-corrected chi connectivity index (χ3v) is 3.47. The molecule has 0 spiro atoms. The molecule has 0 bridgehead atoms. The predicted molar refractivity (Wildman–Crippen MR) is 78.1 cm³/mol. The lowest BCUT2D eigenvalue weighted by molar-refractivity contribution is -0.121. The SMILES string of the molecule is CCCNC(CO)c1ccc2c(c1)N(CC)C(=O)CO2. The molecule has 1 atom stereocenters. The van der Waals surface area contributed by atoms with Gasteiger partial charge in [0.25, 0.3) is 5.91 Å². The summed E-state index contributed by atoms with van der Waals surface area (Å²) in [6.07, 6.45) is 1.00. The number of likely N-dealkylation sites (N-methyl/N-ethyl adjacent to an activating group) is 1. The van der Waals surface area contributed by atoms with E-state index < -0.39 is 0 Å². The molecule has 1 aromatic rings. The van der Waals surface area contributed by atoms with Crippen LogP contribution < -0.4 is 15.0 Å². The van der Waals surface area contributed by atoms with Crippen LogP contribution in [-0.4, -0.2) is 37.3 Å². The van der Waals surface area contributed by atoms with E-state index in [1.807, 2.05) is 25.1 Å². The van der Waals surface area contributed by atoms with Crippen molar-refractivity contribution in [3.63, 3.8) is 0 Å². The first kappa shape index (κ1) is 14.8. The van der Waals surface area contributed by atoms with Gasteiger partial charge in [0.15, 0.2) is 6.61 Å². The molecule has 0 saturated heterocycles. The zero-order chi connectivity index (χ0) is 14.5. The Morgan fingerprint density at radius 1 is 1.45 bits per heavy atom. The largest absolute Gasteiger partial charge is 0.482 e. The van der Waals surface area contributed by atoms with Crippen molar-refractivity contribution < 1.29 is 14.6 Å². The molecule has 1 heterocycles. The van der Waals surface area contributed by atoms with Crippen molar-refractivity contribution in [2.45, 2.75) is 26.3 Å². The summed E-state index contributed by atoms with van der Waals surface area (Å²) in [5.41, 5.74) is 1.76. The van der Waals surface area contributed by atoms with Gasteiger partial charge in [0, 0.05) is 6.54 Å². The number of amides is 1. The molecule has 2 rings (SSSR count). The second kappa shape index (κ2) is 6.72. The van der Waals surface area contributed by atoms with Crippen LogP contribution in [-0.2, 0) is 4.79 Å². The fourth-order valence-corrected chi connectivity index (χ4v) is 2.39. The summed E-state index contributed by atoms with van der Waals surface area (Å²) in [7, 11) is 0. The molecule has 0 fully saturated rings. The molecule has 1 amide bonds. The van der Waals surface area contributed by atoms with E-state index in [1.54, 1.807) is 4.90 Å². The number of rotatable bonds is 6. The van der Waals surface area contributed by atoms with E-state index in [9.17, 15) is 9.90 Å². The minimum absolute atomic E-state index is 0.0275. The maximum atomic E-state index is 11.8. The minimum Gasteiger partial charge on any atom is -0.482 e. The Kier molecular flexibility index (Phi) is 4.98. The van der Waals surface area contributed by atoms with Crippen molar-refractivity contribution in [1.29, 1.82) is 0 Å².